The van der Waals surface area contributed by atoms with E-state index >= 15 is 0 Å². The molecule has 0 aliphatic carbocycles. The van der Waals surface area contributed by atoms with Gasteiger partial charge in [-0.1, -0.05) is 35.5 Å². The third-order valence-corrected chi connectivity index (χ3v) is 3.93. The summed E-state index contributed by atoms with van der Waals surface area (Å²) in [6.45, 7) is 4.92. The van der Waals surface area contributed by atoms with Crippen LogP contribution < -0.4 is 5.56 Å². The predicted octanol–water partition coefficient (Wildman–Crippen LogP) is 2.13. The quantitative estimate of drug-likeness (QED) is 0.722. The molecule has 1 aromatic carbocycles. The Hall–Kier alpha value is -2.47. The topological polar surface area (TPSA) is 64.2 Å². The molecule has 0 bridgehead atoms. The lowest BCUT2D eigenvalue weighted by atomic mass is 10.1. The Labute approximate surface area is 134 Å². The third-order valence-electron chi connectivity index (χ3n) is 3.93. The molecule has 0 saturated carbocycles. The lowest BCUT2D eigenvalue weighted by Gasteiger charge is -2.17. The maximum atomic E-state index is 12.5. The van der Waals surface area contributed by atoms with E-state index in [2.05, 4.69) is 27.3 Å². The molecule has 0 aliphatic heterocycles. The molecule has 0 N–H and O–H groups in total. The van der Waals surface area contributed by atoms with Crippen LogP contribution in [0.5, 0.6) is 0 Å². The molecule has 0 radical (unpaired) electrons. The van der Waals surface area contributed by atoms with Gasteiger partial charge in [0.1, 0.15) is 5.76 Å². The van der Waals surface area contributed by atoms with Crippen LogP contribution in [0.2, 0.25) is 0 Å². The van der Waals surface area contributed by atoms with Crippen LogP contribution in [0.1, 0.15) is 17.0 Å². The molecule has 2 heterocycles. The van der Waals surface area contributed by atoms with E-state index in [0.29, 0.717) is 17.9 Å². The molecular weight excluding hydrogens is 292 g/mol. The Bertz CT molecular complexity index is 867. The number of rotatable bonds is 5. The molecule has 6 nitrogen and oxygen atoms in total. The van der Waals surface area contributed by atoms with Gasteiger partial charge in [0.05, 0.1) is 17.7 Å². The van der Waals surface area contributed by atoms with Gasteiger partial charge in [-0.3, -0.25) is 9.69 Å². The second-order valence-corrected chi connectivity index (χ2v) is 5.81. The fourth-order valence-electron chi connectivity index (χ4n) is 2.70. The van der Waals surface area contributed by atoms with Crippen LogP contribution in [-0.4, -0.2) is 33.4 Å². The zero-order valence-corrected chi connectivity index (χ0v) is 13.6. The summed E-state index contributed by atoms with van der Waals surface area (Å²) in [5, 5.41) is 8.99. The van der Waals surface area contributed by atoms with E-state index in [0.717, 1.165) is 24.0 Å². The molecule has 23 heavy (non-hydrogen) atoms. The molecule has 0 fully saturated rings. The summed E-state index contributed by atoms with van der Waals surface area (Å²) in [5.41, 5.74) is 2.17. The standard InChI is InChI=1S/C17H20N4O2/c1-12-15-13(2)23-19-16(15)17(22)21(18-12)11-20(3)10-9-14-7-5-4-6-8-14/h4-8H,9-11H2,1-3H3. The highest BCUT2D eigenvalue weighted by Crippen LogP contribution is 2.16. The fraction of sp³-hybridized carbons (Fsp3) is 0.353. The summed E-state index contributed by atoms with van der Waals surface area (Å²) in [7, 11) is 1.98. The molecule has 0 amide bonds. The molecular formula is C17H20N4O2. The highest BCUT2D eigenvalue weighted by Gasteiger charge is 2.15. The molecule has 3 rings (SSSR count). The Kier molecular flexibility index (Phi) is 4.25. The highest BCUT2D eigenvalue weighted by molar-refractivity contribution is 5.81. The minimum Gasteiger partial charge on any atom is -0.360 e. The molecule has 0 saturated heterocycles. The molecule has 3 aromatic rings. The van der Waals surface area contributed by atoms with Gasteiger partial charge in [0.15, 0.2) is 5.52 Å². The normalized spacial score (nSPS) is 11.5. The van der Waals surface area contributed by atoms with Crippen molar-refractivity contribution in [2.75, 3.05) is 13.6 Å². The van der Waals surface area contributed by atoms with Crippen LogP contribution in [0.25, 0.3) is 10.9 Å². The van der Waals surface area contributed by atoms with Gasteiger partial charge in [-0.25, -0.2) is 4.68 Å². The van der Waals surface area contributed by atoms with Gasteiger partial charge in [0.25, 0.3) is 5.56 Å². The number of aromatic nitrogens is 3. The Morgan fingerprint density at radius 3 is 2.70 bits per heavy atom. The van der Waals surface area contributed by atoms with Gasteiger partial charge in [-0.15, -0.1) is 0 Å². The predicted molar refractivity (Wildman–Crippen MR) is 88.3 cm³/mol. The molecule has 0 spiro atoms. The van der Waals surface area contributed by atoms with Crippen LogP contribution in [-0.2, 0) is 13.1 Å². The van der Waals surface area contributed by atoms with E-state index in [4.69, 9.17) is 4.52 Å². The van der Waals surface area contributed by atoms with E-state index in [1.807, 2.05) is 32.2 Å². The van der Waals surface area contributed by atoms with Crippen LogP contribution in [0.3, 0.4) is 0 Å². The van der Waals surface area contributed by atoms with Crippen molar-refractivity contribution in [1.29, 1.82) is 0 Å². The first-order chi connectivity index (χ1) is 11.1. The van der Waals surface area contributed by atoms with Crippen molar-refractivity contribution in [2.24, 2.45) is 0 Å². The monoisotopic (exact) mass is 312 g/mol. The SMILES string of the molecule is Cc1nn(CN(C)CCc2ccccc2)c(=O)c2noc(C)c12. The smallest absolute Gasteiger partial charge is 0.298 e. The number of hydrogen-bond acceptors (Lipinski definition) is 5. The van der Waals surface area contributed by atoms with Gasteiger partial charge in [0, 0.05) is 6.54 Å². The van der Waals surface area contributed by atoms with Crippen molar-refractivity contribution in [3.63, 3.8) is 0 Å². The summed E-state index contributed by atoms with van der Waals surface area (Å²) in [5.74, 6) is 0.631. The van der Waals surface area contributed by atoms with Crippen molar-refractivity contribution in [3.8, 4) is 0 Å². The number of hydrogen-bond donors (Lipinski definition) is 0. The minimum atomic E-state index is -0.214. The van der Waals surface area contributed by atoms with Gasteiger partial charge in [-0.05, 0) is 32.9 Å². The van der Waals surface area contributed by atoms with Gasteiger partial charge < -0.3 is 4.52 Å². The second-order valence-electron chi connectivity index (χ2n) is 5.81. The van der Waals surface area contributed by atoms with Gasteiger partial charge in [-0.2, -0.15) is 5.10 Å². The average molecular weight is 312 g/mol. The van der Waals surface area contributed by atoms with Gasteiger partial charge >= 0.3 is 0 Å². The van der Waals surface area contributed by atoms with Crippen LogP contribution in [0, 0.1) is 13.8 Å². The third kappa shape index (κ3) is 3.17. The summed E-state index contributed by atoms with van der Waals surface area (Å²) in [6, 6.07) is 10.3. The fourth-order valence-corrected chi connectivity index (χ4v) is 2.70. The maximum absolute atomic E-state index is 12.5. The van der Waals surface area contributed by atoms with Crippen molar-refractivity contribution in [1.82, 2.24) is 19.8 Å². The lowest BCUT2D eigenvalue weighted by molar-refractivity contribution is 0.250. The van der Waals surface area contributed by atoms with E-state index in [1.165, 1.54) is 10.2 Å². The van der Waals surface area contributed by atoms with Gasteiger partial charge in [0.2, 0.25) is 0 Å². The Morgan fingerprint density at radius 1 is 1.22 bits per heavy atom. The number of fused-ring (bicyclic) bond motifs is 1. The van der Waals surface area contributed by atoms with Crippen LogP contribution in [0.4, 0.5) is 0 Å². The molecule has 120 valence electrons. The molecule has 0 unspecified atom stereocenters. The molecule has 0 aliphatic rings. The average Bonchev–Trinajstić information content (AvgIpc) is 2.94. The maximum Gasteiger partial charge on any atom is 0.298 e. The van der Waals surface area contributed by atoms with Crippen LogP contribution in [0.15, 0.2) is 39.6 Å². The van der Waals surface area contributed by atoms with Crippen molar-refractivity contribution < 1.29 is 4.52 Å². The number of aryl methyl sites for hydroxylation is 2. The lowest BCUT2D eigenvalue weighted by Crippen LogP contribution is -2.33. The van der Waals surface area contributed by atoms with Crippen molar-refractivity contribution in [3.05, 3.63) is 57.7 Å². The van der Waals surface area contributed by atoms with Crippen LogP contribution >= 0.6 is 0 Å². The first-order valence-corrected chi connectivity index (χ1v) is 7.62. The largest absolute Gasteiger partial charge is 0.360 e. The van der Waals surface area contributed by atoms with E-state index in [1.54, 1.807) is 6.92 Å². The minimum absolute atomic E-state index is 0.214. The first kappa shape index (κ1) is 15.4. The summed E-state index contributed by atoms with van der Waals surface area (Å²) in [4.78, 5) is 14.5. The highest BCUT2D eigenvalue weighted by atomic mass is 16.5. The Morgan fingerprint density at radius 2 is 1.96 bits per heavy atom. The number of nitrogens with zero attached hydrogens (tertiary/aromatic N) is 4. The van der Waals surface area contributed by atoms with E-state index in [9.17, 15) is 4.79 Å². The summed E-state index contributed by atoms with van der Waals surface area (Å²) >= 11 is 0. The zero-order valence-electron chi connectivity index (χ0n) is 13.6. The molecule has 6 heteroatoms. The zero-order chi connectivity index (χ0) is 16.4. The molecule has 0 atom stereocenters. The van der Waals surface area contributed by atoms with E-state index < -0.39 is 0 Å². The summed E-state index contributed by atoms with van der Waals surface area (Å²) in [6.07, 6.45) is 0.927. The Balaban J connectivity index is 1.76. The van der Waals surface area contributed by atoms with Crippen molar-refractivity contribution >= 4 is 10.9 Å². The summed E-state index contributed by atoms with van der Waals surface area (Å²) < 4.78 is 6.57. The molecule has 2 aromatic heterocycles. The second kappa shape index (κ2) is 6.34. The number of likely N-dealkylation sites (N-methyl/N-ethyl adjacent to an activating group) is 1. The first-order valence-electron chi connectivity index (χ1n) is 7.62. The van der Waals surface area contributed by atoms with E-state index in [-0.39, 0.29) is 5.56 Å². The van der Waals surface area contributed by atoms with Crippen molar-refractivity contribution in [2.45, 2.75) is 26.9 Å². The number of benzene rings is 1.